The summed E-state index contributed by atoms with van der Waals surface area (Å²) >= 11 is 0. The molecule has 0 spiro atoms. The van der Waals surface area contributed by atoms with E-state index in [0.29, 0.717) is 0 Å². The van der Waals surface area contributed by atoms with Gasteiger partial charge in [0, 0.05) is 24.1 Å². The number of benzene rings is 1. The number of aryl methyl sites for hydroxylation is 2. The Kier molecular flexibility index (Phi) is 5.92. The Labute approximate surface area is 160 Å². The summed E-state index contributed by atoms with van der Waals surface area (Å²) in [5.41, 5.74) is 2.91. The number of nitrogens with one attached hydrogen (secondary N) is 1. The van der Waals surface area contributed by atoms with Gasteiger partial charge in [-0.3, -0.25) is 9.78 Å². The molecule has 144 valence electrons. The summed E-state index contributed by atoms with van der Waals surface area (Å²) in [6, 6.07) is 8.93. The van der Waals surface area contributed by atoms with Crippen LogP contribution in [0.4, 0.5) is 5.69 Å². The first-order chi connectivity index (χ1) is 13.0. The molecule has 1 amide bonds. The number of pyridine rings is 1. The van der Waals surface area contributed by atoms with Gasteiger partial charge in [0.25, 0.3) is 0 Å². The van der Waals surface area contributed by atoms with Crippen LogP contribution >= 0.6 is 0 Å². The number of carbonyl (C=O) groups is 1. The van der Waals surface area contributed by atoms with E-state index in [1.807, 2.05) is 32.0 Å². The van der Waals surface area contributed by atoms with Crippen LogP contribution in [0.5, 0.6) is 0 Å². The van der Waals surface area contributed by atoms with Gasteiger partial charge in [-0.05, 0) is 48.9 Å². The van der Waals surface area contributed by atoms with Crippen molar-refractivity contribution in [3.05, 3.63) is 53.9 Å². The van der Waals surface area contributed by atoms with E-state index in [2.05, 4.69) is 10.3 Å². The number of anilines is 1. The fraction of sp³-hybridized carbons (Fsp3) is 0.400. The number of hydrogen-bond acceptors (Lipinski definition) is 4. The Hall–Kier alpha value is -2.25. The Morgan fingerprint density at radius 1 is 1.15 bits per heavy atom. The highest BCUT2D eigenvalue weighted by Gasteiger charge is 2.39. The van der Waals surface area contributed by atoms with E-state index in [-0.39, 0.29) is 23.4 Å². The van der Waals surface area contributed by atoms with Crippen LogP contribution in [0.2, 0.25) is 0 Å². The Morgan fingerprint density at radius 2 is 1.81 bits per heavy atom. The normalized spacial score (nSPS) is 14.3. The van der Waals surface area contributed by atoms with Gasteiger partial charge in [0.2, 0.25) is 15.9 Å². The summed E-state index contributed by atoms with van der Waals surface area (Å²) in [5.74, 6) is -0.315. The fourth-order valence-electron chi connectivity index (χ4n) is 3.13. The third kappa shape index (κ3) is 4.36. The zero-order valence-corrected chi connectivity index (χ0v) is 16.5. The summed E-state index contributed by atoms with van der Waals surface area (Å²) in [5, 5.41) is 2.96. The van der Waals surface area contributed by atoms with Crippen molar-refractivity contribution in [3.63, 3.8) is 0 Å². The molecule has 1 heterocycles. The molecule has 2 aromatic rings. The van der Waals surface area contributed by atoms with Crippen molar-refractivity contribution in [2.75, 3.05) is 11.9 Å². The zero-order valence-electron chi connectivity index (χ0n) is 15.7. The highest BCUT2D eigenvalue weighted by Crippen LogP contribution is 2.32. The van der Waals surface area contributed by atoms with Crippen LogP contribution in [-0.2, 0) is 27.7 Å². The van der Waals surface area contributed by atoms with Crippen molar-refractivity contribution in [1.29, 1.82) is 0 Å². The lowest BCUT2D eigenvalue weighted by Gasteiger charge is -2.22. The van der Waals surface area contributed by atoms with E-state index in [9.17, 15) is 13.2 Å². The maximum Gasteiger partial charge on any atom is 0.245 e. The number of para-hydroxylation sites is 1. The van der Waals surface area contributed by atoms with Crippen LogP contribution in [0, 0.1) is 0 Å². The maximum absolute atomic E-state index is 13.0. The van der Waals surface area contributed by atoms with Gasteiger partial charge in [-0.2, -0.15) is 4.31 Å². The lowest BCUT2D eigenvalue weighted by molar-refractivity contribution is -0.116. The molecule has 0 unspecified atom stereocenters. The van der Waals surface area contributed by atoms with Crippen molar-refractivity contribution in [3.8, 4) is 0 Å². The quantitative estimate of drug-likeness (QED) is 0.755. The minimum absolute atomic E-state index is 0.118. The molecule has 27 heavy (non-hydrogen) atoms. The Balaban J connectivity index is 1.82. The van der Waals surface area contributed by atoms with Gasteiger partial charge in [0.05, 0.1) is 6.54 Å². The average molecular weight is 388 g/mol. The number of carbonyl (C=O) groups excluding carboxylic acids is 1. The van der Waals surface area contributed by atoms with Crippen molar-refractivity contribution in [1.82, 2.24) is 9.29 Å². The van der Waals surface area contributed by atoms with Gasteiger partial charge >= 0.3 is 0 Å². The highest BCUT2D eigenvalue weighted by atomic mass is 32.2. The van der Waals surface area contributed by atoms with Crippen molar-refractivity contribution in [2.24, 2.45) is 0 Å². The molecular weight excluding hydrogens is 362 g/mol. The first-order valence-electron chi connectivity index (χ1n) is 9.29. The molecule has 1 aromatic heterocycles. The third-order valence-electron chi connectivity index (χ3n) is 4.76. The van der Waals surface area contributed by atoms with Crippen LogP contribution in [0.15, 0.2) is 47.6 Å². The number of rotatable bonds is 8. The minimum atomic E-state index is -3.75. The van der Waals surface area contributed by atoms with E-state index < -0.39 is 10.0 Å². The molecule has 1 aliphatic rings. The number of sulfonamides is 1. The summed E-state index contributed by atoms with van der Waals surface area (Å²) in [4.78, 5) is 16.8. The summed E-state index contributed by atoms with van der Waals surface area (Å²) in [6.07, 6.45) is 6.00. The van der Waals surface area contributed by atoms with Crippen molar-refractivity contribution >= 4 is 21.6 Å². The van der Waals surface area contributed by atoms with E-state index >= 15 is 0 Å². The lowest BCUT2D eigenvalue weighted by Crippen LogP contribution is -2.39. The molecule has 0 radical (unpaired) electrons. The lowest BCUT2D eigenvalue weighted by atomic mass is 10.0. The molecule has 0 bridgehead atoms. The first kappa shape index (κ1) is 19.5. The largest absolute Gasteiger partial charge is 0.324 e. The Bertz CT molecular complexity index is 887. The Morgan fingerprint density at radius 3 is 2.33 bits per heavy atom. The molecule has 7 heteroatoms. The van der Waals surface area contributed by atoms with Gasteiger partial charge in [0.15, 0.2) is 0 Å². The van der Waals surface area contributed by atoms with Crippen LogP contribution in [-0.4, -0.2) is 36.2 Å². The minimum Gasteiger partial charge on any atom is -0.324 e. The van der Waals surface area contributed by atoms with E-state index in [1.54, 1.807) is 6.07 Å². The van der Waals surface area contributed by atoms with Crippen LogP contribution < -0.4 is 5.32 Å². The predicted molar refractivity (Wildman–Crippen MR) is 105 cm³/mol. The summed E-state index contributed by atoms with van der Waals surface area (Å²) in [6.45, 7) is 3.88. The van der Waals surface area contributed by atoms with Crippen LogP contribution in [0.1, 0.15) is 37.8 Å². The van der Waals surface area contributed by atoms with Crippen LogP contribution in [0.25, 0.3) is 0 Å². The SMILES string of the molecule is CCc1cccc(CC)c1NC(=O)CN(C1CC1)S(=O)(=O)c1cccnc1. The van der Waals surface area contributed by atoms with Crippen LogP contribution in [0.3, 0.4) is 0 Å². The number of nitrogens with zero attached hydrogens (tertiary/aromatic N) is 2. The second-order valence-electron chi connectivity index (χ2n) is 6.68. The van der Waals surface area contributed by atoms with Gasteiger partial charge in [-0.25, -0.2) is 8.42 Å². The second-order valence-corrected chi connectivity index (χ2v) is 8.57. The number of aromatic nitrogens is 1. The first-order valence-corrected chi connectivity index (χ1v) is 10.7. The van der Waals surface area contributed by atoms with Gasteiger partial charge in [-0.15, -0.1) is 0 Å². The zero-order chi connectivity index (χ0) is 19.4. The topological polar surface area (TPSA) is 79.4 Å². The summed E-state index contributed by atoms with van der Waals surface area (Å²) < 4.78 is 27.2. The maximum atomic E-state index is 13.0. The smallest absolute Gasteiger partial charge is 0.245 e. The van der Waals surface area contributed by atoms with Crippen molar-refractivity contribution < 1.29 is 13.2 Å². The van der Waals surface area contributed by atoms with Crippen molar-refractivity contribution in [2.45, 2.75) is 50.5 Å². The molecule has 0 aliphatic heterocycles. The van der Waals surface area contributed by atoms with Gasteiger partial charge < -0.3 is 5.32 Å². The van der Waals surface area contributed by atoms with E-state index in [0.717, 1.165) is 42.5 Å². The van der Waals surface area contributed by atoms with E-state index in [1.165, 1.54) is 22.8 Å². The average Bonchev–Trinajstić information content (AvgIpc) is 3.51. The monoisotopic (exact) mass is 387 g/mol. The standard InChI is InChI=1S/C20H25N3O3S/c1-3-15-7-5-8-16(4-2)20(15)22-19(24)14-23(17-10-11-17)27(25,26)18-9-6-12-21-13-18/h5-9,12-13,17H,3-4,10-11,14H2,1-2H3,(H,22,24). The molecule has 1 saturated carbocycles. The molecule has 1 aliphatic carbocycles. The molecule has 0 saturated heterocycles. The molecule has 1 fully saturated rings. The second kappa shape index (κ2) is 8.19. The summed E-state index contributed by atoms with van der Waals surface area (Å²) in [7, 11) is -3.75. The molecule has 6 nitrogen and oxygen atoms in total. The molecular formula is C20H25N3O3S. The molecule has 0 atom stereocenters. The third-order valence-corrected chi connectivity index (χ3v) is 6.64. The van der Waals surface area contributed by atoms with Gasteiger partial charge in [0.1, 0.15) is 4.90 Å². The number of amides is 1. The molecule has 1 N–H and O–H groups in total. The predicted octanol–water partition coefficient (Wildman–Crippen LogP) is 3.00. The molecule has 1 aromatic carbocycles. The fourth-order valence-corrected chi connectivity index (χ4v) is 4.74. The highest BCUT2D eigenvalue weighted by molar-refractivity contribution is 7.89. The number of hydrogen-bond donors (Lipinski definition) is 1. The van der Waals surface area contributed by atoms with Gasteiger partial charge in [-0.1, -0.05) is 32.0 Å². The molecule has 3 rings (SSSR count). The van der Waals surface area contributed by atoms with E-state index in [4.69, 9.17) is 0 Å².